The van der Waals surface area contributed by atoms with Crippen LogP contribution in [0.1, 0.15) is 18.1 Å². The molecule has 4 rings (SSSR count). The van der Waals surface area contributed by atoms with Crippen molar-refractivity contribution >= 4 is 52.2 Å². The van der Waals surface area contributed by atoms with E-state index in [9.17, 15) is 14.4 Å². The van der Waals surface area contributed by atoms with Crippen molar-refractivity contribution in [1.82, 2.24) is 10.2 Å². The van der Waals surface area contributed by atoms with E-state index in [1.165, 1.54) is 7.11 Å². The lowest BCUT2D eigenvalue weighted by Gasteiger charge is -2.15. The summed E-state index contributed by atoms with van der Waals surface area (Å²) in [5, 5.41) is 5.21. The first-order chi connectivity index (χ1) is 18.4. The Morgan fingerprint density at radius 3 is 2.50 bits per heavy atom. The van der Waals surface area contributed by atoms with Gasteiger partial charge < -0.3 is 24.8 Å². The fourth-order valence-electron chi connectivity index (χ4n) is 3.77. The number of methoxy groups -OCH3 is 1. The van der Waals surface area contributed by atoms with Crippen molar-refractivity contribution in [3.63, 3.8) is 0 Å². The first kappa shape index (κ1) is 27.0. The Labute approximate surface area is 233 Å². The molecule has 0 atom stereocenters. The molecular formula is C28H26IN3O6. The van der Waals surface area contributed by atoms with Gasteiger partial charge in [-0.15, -0.1) is 0 Å². The number of ether oxygens (including phenoxy) is 3. The molecule has 1 fully saturated rings. The van der Waals surface area contributed by atoms with Gasteiger partial charge in [-0.3, -0.25) is 9.59 Å². The molecule has 0 bridgehead atoms. The number of urea groups is 1. The number of nitrogens with one attached hydrogen (secondary N) is 2. The molecule has 4 amide bonds. The number of halogens is 1. The number of amides is 4. The Hall–Kier alpha value is -4.06. The summed E-state index contributed by atoms with van der Waals surface area (Å²) in [7, 11) is 1.49. The highest BCUT2D eigenvalue weighted by Gasteiger charge is 2.35. The summed E-state index contributed by atoms with van der Waals surface area (Å²) in [6.07, 6.45) is 1.55. The summed E-state index contributed by atoms with van der Waals surface area (Å²) >= 11 is 2.15. The molecule has 0 spiro atoms. The Balaban J connectivity index is 1.49. The fraction of sp³-hybridized carbons (Fsp3) is 0.179. The van der Waals surface area contributed by atoms with E-state index >= 15 is 0 Å². The number of carbonyl (C=O) groups is 3. The molecule has 0 aliphatic carbocycles. The molecule has 1 aliphatic heterocycles. The number of anilines is 1. The zero-order valence-electron chi connectivity index (χ0n) is 20.8. The smallest absolute Gasteiger partial charge is 0.329 e. The van der Waals surface area contributed by atoms with E-state index in [4.69, 9.17) is 14.2 Å². The maximum absolute atomic E-state index is 13.0. The minimum atomic E-state index is -0.682. The second-order valence-corrected chi connectivity index (χ2v) is 9.33. The summed E-state index contributed by atoms with van der Waals surface area (Å²) in [5.74, 6) is 0.436. The van der Waals surface area contributed by atoms with Crippen LogP contribution in [0.2, 0.25) is 0 Å². The van der Waals surface area contributed by atoms with Crippen LogP contribution >= 0.6 is 22.6 Å². The molecule has 0 aromatic heterocycles. The highest BCUT2D eigenvalue weighted by molar-refractivity contribution is 14.1. The molecule has 1 saturated heterocycles. The van der Waals surface area contributed by atoms with Crippen LogP contribution in [-0.2, 0) is 16.2 Å². The van der Waals surface area contributed by atoms with Gasteiger partial charge in [-0.1, -0.05) is 42.5 Å². The molecular weight excluding hydrogens is 601 g/mol. The molecule has 0 radical (unpaired) electrons. The molecule has 0 saturated carbocycles. The third-order valence-corrected chi connectivity index (χ3v) is 6.32. The van der Waals surface area contributed by atoms with Gasteiger partial charge in [-0.05, 0) is 71.0 Å². The van der Waals surface area contributed by atoms with Crippen LogP contribution in [0.25, 0.3) is 6.08 Å². The maximum Gasteiger partial charge on any atom is 0.329 e. The summed E-state index contributed by atoms with van der Waals surface area (Å²) in [6, 6.07) is 19.5. The summed E-state index contributed by atoms with van der Waals surface area (Å²) in [4.78, 5) is 38.9. The first-order valence-electron chi connectivity index (χ1n) is 11.8. The van der Waals surface area contributed by atoms with Crippen LogP contribution in [0.4, 0.5) is 10.5 Å². The van der Waals surface area contributed by atoms with E-state index in [1.807, 2.05) is 43.3 Å². The molecule has 3 aromatic rings. The number of carbonyl (C=O) groups excluding carboxylic acids is 3. The largest absolute Gasteiger partial charge is 0.495 e. The molecule has 1 heterocycles. The lowest BCUT2D eigenvalue weighted by atomic mass is 10.1. The van der Waals surface area contributed by atoms with Gasteiger partial charge >= 0.3 is 6.03 Å². The summed E-state index contributed by atoms with van der Waals surface area (Å²) in [5.41, 5.74) is 2.15. The average molecular weight is 627 g/mol. The molecule has 0 unspecified atom stereocenters. The quantitative estimate of drug-likeness (QED) is 0.190. The van der Waals surface area contributed by atoms with E-state index < -0.39 is 24.4 Å². The van der Waals surface area contributed by atoms with E-state index in [0.717, 1.165) is 14.0 Å². The number of benzene rings is 3. The fourth-order valence-corrected chi connectivity index (χ4v) is 4.55. The van der Waals surface area contributed by atoms with Crippen molar-refractivity contribution in [2.75, 3.05) is 25.6 Å². The number of nitrogens with zero attached hydrogens (tertiary/aromatic N) is 1. The lowest BCUT2D eigenvalue weighted by molar-refractivity contribution is -0.127. The van der Waals surface area contributed by atoms with Crippen LogP contribution in [0, 0.1) is 3.57 Å². The maximum atomic E-state index is 13.0. The third-order valence-electron chi connectivity index (χ3n) is 5.51. The van der Waals surface area contributed by atoms with Crippen LogP contribution < -0.4 is 24.8 Å². The Kier molecular flexibility index (Phi) is 8.85. The van der Waals surface area contributed by atoms with Gasteiger partial charge in [0.15, 0.2) is 11.5 Å². The van der Waals surface area contributed by atoms with Crippen LogP contribution in [0.15, 0.2) is 72.4 Å². The Bertz CT molecular complexity index is 1380. The van der Waals surface area contributed by atoms with Gasteiger partial charge in [0.05, 0.1) is 23.0 Å². The molecule has 10 heteroatoms. The van der Waals surface area contributed by atoms with Gasteiger partial charge in [-0.2, -0.15) is 0 Å². The van der Waals surface area contributed by atoms with Crippen LogP contribution in [0.3, 0.4) is 0 Å². The van der Waals surface area contributed by atoms with E-state index in [0.29, 0.717) is 41.7 Å². The average Bonchev–Trinajstić information content (AvgIpc) is 3.16. The van der Waals surface area contributed by atoms with Crippen molar-refractivity contribution in [3.05, 3.63) is 87.1 Å². The topological polar surface area (TPSA) is 106 Å². The number of para-hydroxylation sites is 2. The Morgan fingerprint density at radius 1 is 1.03 bits per heavy atom. The van der Waals surface area contributed by atoms with E-state index in [2.05, 4.69) is 33.2 Å². The van der Waals surface area contributed by atoms with Gasteiger partial charge in [0.2, 0.25) is 5.91 Å². The van der Waals surface area contributed by atoms with Crippen molar-refractivity contribution in [3.8, 4) is 17.2 Å². The standard InChI is InChI=1S/C28H26IN3O6/c1-3-37-24-15-19(13-20(29)26(24)38-17-18-9-5-4-6-10-18)14-22-27(34)32(28(35)31-22)16-25(33)30-21-11-7-8-12-23(21)36-2/h4-15H,3,16-17H2,1-2H3,(H,30,33)(H,31,35)/b22-14+. The highest BCUT2D eigenvalue weighted by Crippen LogP contribution is 2.35. The zero-order valence-corrected chi connectivity index (χ0v) is 23.0. The number of hydrogen-bond acceptors (Lipinski definition) is 6. The minimum absolute atomic E-state index is 0.0521. The summed E-state index contributed by atoms with van der Waals surface area (Å²) in [6.45, 7) is 2.21. The van der Waals surface area contributed by atoms with E-state index in [-0.39, 0.29) is 5.70 Å². The molecule has 9 nitrogen and oxygen atoms in total. The molecule has 196 valence electrons. The van der Waals surface area contributed by atoms with Crippen molar-refractivity contribution in [2.24, 2.45) is 0 Å². The molecule has 2 N–H and O–H groups in total. The van der Waals surface area contributed by atoms with Crippen molar-refractivity contribution in [2.45, 2.75) is 13.5 Å². The van der Waals surface area contributed by atoms with Crippen molar-refractivity contribution < 1.29 is 28.6 Å². The molecule has 38 heavy (non-hydrogen) atoms. The monoisotopic (exact) mass is 627 g/mol. The Morgan fingerprint density at radius 2 is 1.76 bits per heavy atom. The first-order valence-corrected chi connectivity index (χ1v) is 12.9. The summed E-state index contributed by atoms with van der Waals surface area (Å²) < 4.78 is 17.8. The molecule has 3 aromatic carbocycles. The minimum Gasteiger partial charge on any atom is -0.495 e. The SMILES string of the molecule is CCOc1cc(/C=C2/NC(=O)N(CC(=O)Nc3ccccc3OC)C2=O)cc(I)c1OCc1ccccc1. The van der Waals surface area contributed by atoms with E-state index in [1.54, 1.807) is 36.4 Å². The van der Waals surface area contributed by atoms with Crippen LogP contribution in [0.5, 0.6) is 17.2 Å². The van der Waals surface area contributed by atoms with Gasteiger partial charge in [0.1, 0.15) is 24.6 Å². The third kappa shape index (κ3) is 6.43. The zero-order chi connectivity index (χ0) is 27.1. The molecule has 1 aliphatic rings. The number of imide groups is 1. The highest BCUT2D eigenvalue weighted by atomic mass is 127. The second-order valence-electron chi connectivity index (χ2n) is 8.17. The normalized spacial score (nSPS) is 13.9. The number of rotatable bonds is 10. The lowest BCUT2D eigenvalue weighted by Crippen LogP contribution is -2.38. The second kappa shape index (κ2) is 12.5. The predicted molar refractivity (Wildman–Crippen MR) is 151 cm³/mol. The van der Waals surface area contributed by atoms with Gasteiger partial charge in [-0.25, -0.2) is 9.69 Å². The van der Waals surface area contributed by atoms with Crippen molar-refractivity contribution in [1.29, 1.82) is 0 Å². The van der Waals surface area contributed by atoms with Gasteiger partial charge in [0.25, 0.3) is 5.91 Å². The van der Waals surface area contributed by atoms with Gasteiger partial charge in [0, 0.05) is 0 Å². The van der Waals surface area contributed by atoms with Crippen LogP contribution in [-0.4, -0.2) is 43.0 Å². The predicted octanol–water partition coefficient (Wildman–Crippen LogP) is 4.81. The number of hydrogen-bond donors (Lipinski definition) is 2.